The Morgan fingerprint density at radius 2 is 1.76 bits per heavy atom. The molecule has 4 fully saturated rings. The van der Waals surface area contributed by atoms with Crippen LogP contribution >= 0.6 is 0 Å². The first-order valence-electron chi connectivity index (χ1n) is 12.1. The van der Waals surface area contributed by atoms with Crippen molar-refractivity contribution < 1.29 is 20.1 Å². The van der Waals surface area contributed by atoms with E-state index >= 15 is 0 Å². The number of aliphatic hydroxyl groups excluding tert-OH is 3. The SMILES string of the molecule is CC(=O)CC[C@@H](C)[C@H]1CC[C@H]2C3[C@H](O)CC4C[C@H](O)CCC4(C)[C@H]3C[C@H](O)C12C. The number of aliphatic hydroxyl groups is 3. The molecular weight excluding hydrogens is 364 g/mol. The number of Topliss-reactive ketones (excluding diaryl/α,β-unsaturated/α-hetero) is 1. The zero-order valence-electron chi connectivity index (χ0n) is 18.8. The number of hydrogen-bond donors (Lipinski definition) is 3. The average molecular weight is 407 g/mol. The molecule has 0 aromatic carbocycles. The van der Waals surface area contributed by atoms with E-state index in [1.165, 1.54) is 0 Å². The van der Waals surface area contributed by atoms with E-state index in [-0.39, 0.29) is 40.8 Å². The van der Waals surface area contributed by atoms with E-state index in [2.05, 4.69) is 20.8 Å². The van der Waals surface area contributed by atoms with Crippen molar-refractivity contribution in [2.75, 3.05) is 0 Å². The minimum Gasteiger partial charge on any atom is -0.393 e. The Morgan fingerprint density at radius 3 is 2.45 bits per heavy atom. The van der Waals surface area contributed by atoms with Gasteiger partial charge in [-0.2, -0.15) is 0 Å². The van der Waals surface area contributed by atoms with Crippen LogP contribution in [-0.4, -0.2) is 39.4 Å². The van der Waals surface area contributed by atoms with Crippen molar-refractivity contribution in [2.24, 2.45) is 46.3 Å². The predicted octanol–water partition coefficient (Wildman–Crippen LogP) is 3.95. The minimum atomic E-state index is -0.337. The normalized spacial score (nSPS) is 52.9. The molecule has 166 valence electrons. The molecule has 4 aliphatic rings. The zero-order valence-corrected chi connectivity index (χ0v) is 18.8. The zero-order chi connectivity index (χ0) is 21.1. The fourth-order valence-corrected chi connectivity index (χ4v) is 8.76. The molecule has 0 radical (unpaired) electrons. The van der Waals surface area contributed by atoms with E-state index in [1.807, 2.05) is 0 Å². The van der Waals surface area contributed by atoms with E-state index in [0.29, 0.717) is 36.0 Å². The van der Waals surface area contributed by atoms with E-state index in [4.69, 9.17) is 0 Å². The summed E-state index contributed by atoms with van der Waals surface area (Å²) < 4.78 is 0. The number of carbonyl (C=O) groups excluding carboxylic acids is 1. The van der Waals surface area contributed by atoms with Crippen LogP contribution < -0.4 is 0 Å². The van der Waals surface area contributed by atoms with Crippen LogP contribution in [0.15, 0.2) is 0 Å². The lowest BCUT2D eigenvalue weighted by molar-refractivity contribution is -0.207. The van der Waals surface area contributed by atoms with Crippen LogP contribution in [0.25, 0.3) is 0 Å². The summed E-state index contributed by atoms with van der Waals surface area (Å²) in [6, 6.07) is 0. The summed E-state index contributed by atoms with van der Waals surface area (Å²) in [6.45, 7) is 8.59. The van der Waals surface area contributed by atoms with Gasteiger partial charge in [-0.1, -0.05) is 20.8 Å². The molecule has 0 saturated heterocycles. The van der Waals surface area contributed by atoms with Crippen LogP contribution in [0, 0.1) is 46.3 Å². The molecule has 0 spiro atoms. The van der Waals surface area contributed by atoms with Crippen LogP contribution in [0.4, 0.5) is 0 Å². The lowest BCUT2D eigenvalue weighted by atomic mass is 9.43. The molecule has 0 bridgehead atoms. The maximum Gasteiger partial charge on any atom is 0.129 e. The lowest BCUT2D eigenvalue weighted by Crippen LogP contribution is -2.62. The average Bonchev–Trinajstić information content (AvgIpc) is 3.01. The third-order valence-electron chi connectivity index (χ3n) is 10.5. The van der Waals surface area contributed by atoms with E-state index in [0.717, 1.165) is 51.4 Å². The van der Waals surface area contributed by atoms with Gasteiger partial charge in [-0.25, -0.2) is 0 Å². The molecular formula is C25H42O4. The van der Waals surface area contributed by atoms with Gasteiger partial charge in [0.05, 0.1) is 18.3 Å². The largest absolute Gasteiger partial charge is 0.393 e. The highest BCUT2D eigenvalue weighted by molar-refractivity contribution is 5.75. The molecule has 0 aromatic rings. The summed E-state index contributed by atoms with van der Waals surface area (Å²) >= 11 is 0. The smallest absolute Gasteiger partial charge is 0.129 e. The quantitative estimate of drug-likeness (QED) is 0.660. The van der Waals surface area contributed by atoms with Gasteiger partial charge in [0.25, 0.3) is 0 Å². The monoisotopic (exact) mass is 406 g/mol. The Bertz CT molecular complexity index is 634. The summed E-state index contributed by atoms with van der Waals surface area (Å²) in [4.78, 5) is 11.5. The van der Waals surface area contributed by atoms with Crippen LogP contribution in [0.5, 0.6) is 0 Å². The van der Waals surface area contributed by atoms with Crippen LogP contribution in [0.3, 0.4) is 0 Å². The molecule has 0 aliphatic heterocycles. The van der Waals surface area contributed by atoms with Crippen LogP contribution in [-0.2, 0) is 4.79 Å². The summed E-state index contributed by atoms with van der Waals surface area (Å²) in [5.41, 5.74) is -0.0283. The van der Waals surface area contributed by atoms with Crippen molar-refractivity contribution in [3.8, 4) is 0 Å². The molecule has 4 unspecified atom stereocenters. The van der Waals surface area contributed by atoms with Crippen molar-refractivity contribution in [2.45, 2.75) is 104 Å². The second-order valence-electron chi connectivity index (χ2n) is 11.7. The van der Waals surface area contributed by atoms with Crippen molar-refractivity contribution >= 4 is 5.78 Å². The lowest BCUT2D eigenvalue weighted by Gasteiger charge is -2.63. The Labute approximate surface area is 176 Å². The molecule has 4 aliphatic carbocycles. The number of ketones is 1. The number of rotatable bonds is 4. The molecule has 0 amide bonds. The van der Waals surface area contributed by atoms with Crippen molar-refractivity contribution in [1.29, 1.82) is 0 Å². The summed E-state index contributed by atoms with van der Waals surface area (Å²) in [6.07, 6.45) is 7.12. The minimum absolute atomic E-state index is 0.129. The fourth-order valence-electron chi connectivity index (χ4n) is 8.76. The standard InChI is InChI=1S/C25H42O4/c1-14(5-6-15(2)26)18-7-8-19-23-20(13-22(29)25(18,19)4)24(3)10-9-17(27)11-16(24)12-21(23)28/h14,16-23,27-29H,5-13H2,1-4H3/t14-,16?,17-,18-,19+,20+,21-,22+,23?,24?,25?/m1/s1. The first kappa shape index (κ1) is 21.8. The van der Waals surface area contributed by atoms with Gasteiger partial charge in [0, 0.05) is 6.42 Å². The van der Waals surface area contributed by atoms with Crippen LogP contribution in [0.2, 0.25) is 0 Å². The highest BCUT2D eigenvalue weighted by atomic mass is 16.3. The number of hydrogen-bond acceptors (Lipinski definition) is 4. The van der Waals surface area contributed by atoms with Crippen molar-refractivity contribution in [3.63, 3.8) is 0 Å². The van der Waals surface area contributed by atoms with Gasteiger partial charge < -0.3 is 20.1 Å². The molecule has 4 saturated carbocycles. The topological polar surface area (TPSA) is 77.8 Å². The molecule has 0 aromatic heterocycles. The molecule has 4 nitrogen and oxygen atoms in total. The maximum atomic E-state index is 11.5. The summed E-state index contributed by atoms with van der Waals surface area (Å²) in [5.74, 6) is 2.45. The molecule has 3 N–H and O–H groups in total. The first-order valence-corrected chi connectivity index (χ1v) is 12.1. The summed E-state index contributed by atoms with van der Waals surface area (Å²) in [5, 5.41) is 33.0. The second kappa shape index (κ2) is 7.60. The second-order valence-corrected chi connectivity index (χ2v) is 11.7. The Morgan fingerprint density at radius 1 is 1.03 bits per heavy atom. The highest BCUT2D eigenvalue weighted by Crippen LogP contribution is 2.68. The van der Waals surface area contributed by atoms with Gasteiger partial charge in [0.15, 0.2) is 0 Å². The van der Waals surface area contributed by atoms with Gasteiger partial charge >= 0.3 is 0 Å². The van der Waals surface area contributed by atoms with Crippen molar-refractivity contribution in [1.82, 2.24) is 0 Å². The van der Waals surface area contributed by atoms with E-state index in [9.17, 15) is 20.1 Å². The molecule has 4 heteroatoms. The molecule has 11 atom stereocenters. The van der Waals surface area contributed by atoms with Gasteiger partial charge in [0.2, 0.25) is 0 Å². The van der Waals surface area contributed by atoms with Gasteiger partial charge in [-0.3, -0.25) is 0 Å². The van der Waals surface area contributed by atoms with Crippen LogP contribution in [0.1, 0.15) is 85.5 Å². The van der Waals surface area contributed by atoms with E-state index < -0.39 is 0 Å². The molecule has 0 heterocycles. The van der Waals surface area contributed by atoms with E-state index in [1.54, 1.807) is 6.92 Å². The molecule has 29 heavy (non-hydrogen) atoms. The third-order valence-corrected chi connectivity index (χ3v) is 10.5. The number of fused-ring (bicyclic) bond motifs is 5. The maximum absolute atomic E-state index is 11.5. The molecule has 4 rings (SSSR count). The first-order chi connectivity index (χ1) is 13.6. The Balaban J connectivity index is 1.61. The van der Waals surface area contributed by atoms with Gasteiger partial charge in [-0.15, -0.1) is 0 Å². The van der Waals surface area contributed by atoms with Gasteiger partial charge in [0.1, 0.15) is 5.78 Å². The predicted molar refractivity (Wildman–Crippen MR) is 113 cm³/mol. The summed E-state index contributed by atoms with van der Waals surface area (Å²) in [7, 11) is 0. The van der Waals surface area contributed by atoms with Gasteiger partial charge in [-0.05, 0) is 105 Å². The Kier molecular flexibility index (Phi) is 5.71. The highest BCUT2D eigenvalue weighted by Gasteiger charge is 2.65. The third kappa shape index (κ3) is 3.32. The van der Waals surface area contributed by atoms with Crippen molar-refractivity contribution in [3.05, 3.63) is 0 Å². The number of carbonyl (C=O) groups is 1. The Hall–Kier alpha value is -0.450. The fraction of sp³-hybridized carbons (Fsp3) is 0.960.